The van der Waals surface area contributed by atoms with Crippen LogP contribution in [-0.4, -0.2) is 54.2 Å². The van der Waals surface area contributed by atoms with E-state index in [0.717, 1.165) is 44.9 Å². The Morgan fingerprint density at radius 1 is 0.962 bits per heavy atom. The molecule has 1 heterocycles. The second-order valence-electron chi connectivity index (χ2n) is 8.85. The first-order valence-electron chi connectivity index (χ1n) is 11.1. The van der Waals surface area contributed by atoms with Crippen LogP contribution in [0.25, 0.3) is 0 Å². The monoisotopic (exact) mass is 368 g/mol. The molecule has 2 fully saturated rings. The second-order valence-corrected chi connectivity index (χ2v) is 8.85. The molecular formula is C22H44N2O2. The Morgan fingerprint density at radius 2 is 1.42 bits per heavy atom. The Morgan fingerprint density at radius 3 is 1.81 bits per heavy atom. The van der Waals surface area contributed by atoms with Gasteiger partial charge < -0.3 is 14.5 Å². The summed E-state index contributed by atoms with van der Waals surface area (Å²) in [5.41, 5.74) is -0.392. The lowest BCUT2D eigenvalue weighted by molar-refractivity contribution is 0.0178. The first kappa shape index (κ1) is 23.3. The summed E-state index contributed by atoms with van der Waals surface area (Å²) >= 11 is 0. The first-order chi connectivity index (χ1) is 12.4. The van der Waals surface area contributed by atoms with Crippen molar-refractivity contribution in [3.8, 4) is 0 Å². The topological polar surface area (TPSA) is 32.8 Å². The molecule has 4 nitrogen and oxygen atoms in total. The summed E-state index contributed by atoms with van der Waals surface area (Å²) in [6.45, 7) is 15.3. The second kappa shape index (κ2) is 12.6. The lowest BCUT2D eigenvalue weighted by atomic mass is 9.93. The van der Waals surface area contributed by atoms with E-state index in [0.29, 0.717) is 0 Å². The van der Waals surface area contributed by atoms with Crippen LogP contribution >= 0.6 is 0 Å². The number of piperidine rings is 1. The molecule has 0 aromatic heterocycles. The van der Waals surface area contributed by atoms with Crippen LogP contribution in [0, 0.1) is 5.92 Å². The molecule has 1 saturated heterocycles. The highest BCUT2D eigenvalue weighted by Gasteiger charge is 2.26. The van der Waals surface area contributed by atoms with Crippen molar-refractivity contribution in [2.45, 2.75) is 98.0 Å². The molecule has 0 unspecified atom stereocenters. The van der Waals surface area contributed by atoms with Crippen LogP contribution in [0.1, 0.15) is 92.4 Å². The van der Waals surface area contributed by atoms with Crippen molar-refractivity contribution < 1.29 is 9.53 Å². The summed E-state index contributed by atoms with van der Waals surface area (Å²) in [7, 11) is 0. The minimum Gasteiger partial charge on any atom is -0.444 e. The van der Waals surface area contributed by atoms with E-state index in [1.807, 2.05) is 25.7 Å². The first-order valence-corrected chi connectivity index (χ1v) is 11.1. The van der Waals surface area contributed by atoms with Crippen molar-refractivity contribution in [3.63, 3.8) is 0 Å². The summed E-state index contributed by atoms with van der Waals surface area (Å²) < 4.78 is 5.42. The number of carbonyl (C=O) groups is 1. The molecular weight excluding hydrogens is 324 g/mol. The molecule has 2 rings (SSSR count). The molecule has 0 N–H and O–H groups in total. The van der Waals surface area contributed by atoms with Crippen LogP contribution in [-0.2, 0) is 4.74 Å². The van der Waals surface area contributed by atoms with Gasteiger partial charge in [0.25, 0.3) is 0 Å². The van der Waals surface area contributed by atoms with Crippen molar-refractivity contribution in [3.05, 3.63) is 0 Å². The fraction of sp³-hybridized carbons (Fsp3) is 0.955. The van der Waals surface area contributed by atoms with Gasteiger partial charge in [-0.25, -0.2) is 4.79 Å². The van der Waals surface area contributed by atoms with E-state index in [1.165, 1.54) is 51.5 Å². The lowest BCUT2D eigenvalue weighted by Gasteiger charge is -2.34. The molecule has 154 valence electrons. The quantitative estimate of drug-likeness (QED) is 0.623. The zero-order chi connectivity index (χ0) is 19.4. The number of hydrogen-bond acceptors (Lipinski definition) is 3. The molecule has 1 aliphatic heterocycles. The van der Waals surface area contributed by atoms with E-state index < -0.39 is 5.60 Å². The fourth-order valence-electron chi connectivity index (χ4n) is 3.70. The van der Waals surface area contributed by atoms with Gasteiger partial charge in [-0.05, 0) is 65.6 Å². The number of amides is 1. The van der Waals surface area contributed by atoms with E-state index in [4.69, 9.17) is 4.74 Å². The third-order valence-corrected chi connectivity index (χ3v) is 5.51. The maximum absolute atomic E-state index is 12.0. The van der Waals surface area contributed by atoms with E-state index in [1.54, 1.807) is 0 Å². The Balaban J connectivity index is 0.000000472. The zero-order valence-electron chi connectivity index (χ0n) is 18.2. The van der Waals surface area contributed by atoms with Crippen molar-refractivity contribution in [2.24, 2.45) is 5.92 Å². The van der Waals surface area contributed by atoms with Crippen LogP contribution in [0.15, 0.2) is 0 Å². The summed E-state index contributed by atoms with van der Waals surface area (Å²) in [5, 5.41) is 0. The average Bonchev–Trinajstić information content (AvgIpc) is 2.63. The van der Waals surface area contributed by atoms with Crippen LogP contribution in [0.4, 0.5) is 4.79 Å². The molecule has 0 aromatic carbocycles. The summed E-state index contributed by atoms with van der Waals surface area (Å²) in [6.07, 6.45) is 12.3. The van der Waals surface area contributed by atoms with Crippen molar-refractivity contribution in [2.75, 3.05) is 32.7 Å². The van der Waals surface area contributed by atoms with Gasteiger partial charge >= 0.3 is 6.09 Å². The molecule has 26 heavy (non-hydrogen) atoms. The third-order valence-electron chi connectivity index (χ3n) is 5.51. The van der Waals surface area contributed by atoms with Gasteiger partial charge in [-0.1, -0.05) is 52.4 Å². The van der Waals surface area contributed by atoms with Crippen molar-refractivity contribution >= 4 is 6.09 Å². The van der Waals surface area contributed by atoms with Gasteiger partial charge in [-0.2, -0.15) is 0 Å². The molecule has 1 aliphatic carbocycles. The Labute approximate surface area is 162 Å². The molecule has 1 amide bonds. The van der Waals surface area contributed by atoms with Gasteiger partial charge in [0.05, 0.1) is 0 Å². The standard InChI is InChI=1S/C16H32N2O2.C6H12/c1-6-17(7-2)11-8-14-9-12-18(13-10-14)15(19)20-16(3,4)5;1-2-4-6-5-3-1/h14H,6-13H2,1-5H3;1-6H2. The van der Waals surface area contributed by atoms with Gasteiger partial charge in [0.2, 0.25) is 0 Å². The highest BCUT2D eigenvalue weighted by molar-refractivity contribution is 5.68. The molecule has 0 atom stereocenters. The van der Waals surface area contributed by atoms with Crippen LogP contribution < -0.4 is 0 Å². The average molecular weight is 369 g/mol. The minimum absolute atomic E-state index is 0.153. The number of carbonyl (C=O) groups excluding carboxylic acids is 1. The molecule has 0 aromatic rings. The SMILES string of the molecule is C1CCCCC1.CCN(CC)CCC1CCN(C(=O)OC(C)(C)C)CC1. The fourth-order valence-corrected chi connectivity index (χ4v) is 3.70. The predicted molar refractivity (Wildman–Crippen MR) is 111 cm³/mol. The van der Waals surface area contributed by atoms with Crippen molar-refractivity contribution in [1.29, 1.82) is 0 Å². The minimum atomic E-state index is -0.392. The Kier molecular flexibility index (Phi) is 11.3. The number of likely N-dealkylation sites (tertiary alicyclic amines) is 1. The van der Waals surface area contributed by atoms with Gasteiger partial charge in [0.1, 0.15) is 5.60 Å². The third kappa shape index (κ3) is 10.4. The van der Waals surface area contributed by atoms with Gasteiger partial charge in [-0.3, -0.25) is 0 Å². The largest absolute Gasteiger partial charge is 0.444 e. The lowest BCUT2D eigenvalue weighted by Crippen LogP contribution is -2.42. The summed E-state index contributed by atoms with van der Waals surface area (Å²) in [5.74, 6) is 0.759. The highest BCUT2D eigenvalue weighted by atomic mass is 16.6. The molecule has 2 aliphatic rings. The number of nitrogens with zero attached hydrogens (tertiary/aromatic N) is 2. The zero-order valence-corrected chi connectivity index (χ0v) is 18.2. The molecule has 4 heteroatoms. The summed E-state index contributed by atoms with van der Waals surface area (Å²) in [4.78, 5) is 16.3. The van der Waals surface area contributed by atoms with E-state index in [2.05, 4.69) is 18.7 Å². The molecule has 1 saturated carbocycles. The highest BCUT2D eigenvalue weighted by Crippen LogP contribution is 2.22. The Hall–Kier alpha value is -0.770. The van der Waals surface area contributed by atoms with Crippen LogP contribution in [0.2, 0.25) is 0 Å². The maximum atomic E-state index is 12.0. The number of rotatable bonds is 5. The number of ether oxygens (including phenoxy) is 1. The molecule has 0 radical (unpaired) electrons. The van der Waals surface area contributed by atoms with E-state index in [-0.39, 0.29) is 6.09 Å². The van der Waals surface area contributed by atoms with Crippen LogP contribution in [0.5, 0.6) is 0 Å². The predicted octanol–water partition coefficient (Wildman–Crippen LogP) is 5.71. The van der Waals surface area contributed by atoms with Crippen molar-refractivity contribution in [1.82, 2.24) is 9.80 Å². The smallest absolute Gasteiger partial charge is 0.410 e. The number of hydrogen-bond donors (Lipinski definition) is 0. The van der Waals surface area contributed by atoms with Crippen LogP contribution in [0.3, 0.4) is 0 Å². The van der Waals surface area contributed by atoms with E-state index in [9.17, 15) is 4.79 Å². The van der Waals surface area contributed by atoms with E-state index >= 15 is 0 Å². The summed E-state index contributed by atoms with van der Waals surface area (Å²) in [6, 6.07) is 0. The van der Waals surface area contributed by atoms with Gasteiger partial charge in [-0.15, -0.1) is 0 Å². The normalized spacial score (nSPS) is 19.1. The molecule has 0 spiro atoms. The van der Waals surface area contributed by atoms with Gasteiger partial charge in [0, 0.05) is 13.1 Å². The molecule has 0 bridgehead atoms. The Bertz CT molecular complexity index is 351. The maximum Gasteiger partial charge on any atom is 0.410 e. The van der Waals surface area contributed by atoms with Gasteiger partial charge in [0.15, 0.2) is 0 Å².